The molecule has 5 nitrogen and oxygen atoms in total. The van der Waals surface area contributed by atoms with Gasteiger partial charge in [0.25, 0.3) is 0 Å². The van der Waals surface area contributed by atoms with Crippen molar-refractivity contribution >= 4 is 45.6 Å². The fourth-order valence-electron chi connectivity index (χ4n) is 5.11. The van der Waals surface area contributed by atoms with Gasteiger partial charge in [0.15, 0.2) is 0 Å². The second-order valence-corrected chi connectivity index (χ2v) is 13.1. The Labute approximate surface area is 255 Å². The minimum Gasteiger partial charge on any atom is -0.385 e. The average Bonchev–Trinajstić information content (AvgIpc) is 2.91. The molecule has 1 aliphatic heterocycles. The number of nitrogens with zero attached hydrogens (tertiary/aromatic N) is 2. The molecule has 1 fully saturated rings. The number of sulfonamides is 1. The molecule has 0 spiro atoms. The predicted molar refractivity (Wildman–Crippen MR) is 158 cm³/mol. The van der Waals surface area contributed by atoms with Crippen LogP contribution in [0, 0.1) is 0 Å². The van der Waals surface area contributed by atoms with Crippen molar-refractivity contribution in [3.8, 4) is 0 Å². The van der Waals surface area contributed by atoms with Crippen molar-refractivity contribution in [2.24, 2.45) is 0 Å². The molecular formula is C29H32Cl3F3N2O3S. The van der Waals surface area contributed by atoms with Crippen LogP contribution in [0.3, 0.4) is 0 Å². The maximum absolute atomic E-state index is 13.4. The van der Waals surface area contributed by atoms with Crippen molar-refractivity contribution < 1.29 is 26.7 Å². The summed E-state index contributed by atoms with van der Waals surface area (Å²) in [5, 5.41) is 11.4. The Morgan fingerprint density at radius 3 is 2.27 bits per heavy atom. The summed E-state index contributed by atoms with van der Waals surface area (Å²) in [6, 6.07) is 19.2. The number of alkyl halides is 3. The molecule has 0 bridgehead atoms. The van der Waals surface area contributed by atoms with E-state index in [1.807, 2.05) is 18.2 Å². The minimum absolute atomic E-state index is 0. The highest BCUT2D eigenvalue weighted by molar-refractivity contribution is 7.89. The van der Waals surface area contributed by atoms with Gasteiger partial charge >= 0.3 is 6.18 Å². The highest BCUT2D eigenvalue weighted by Gasteiger charge is 2.38. The average molecular weight is 652 g/mol. The second kappa shape index (κ2) is 13.6. The maximum Gasteiger partial charge on any atom is 0.417 e. The third kappa shape index (κ3) is 8.16. The molecule has 0 unspecified atom stereocenters. The van der Waals surface area contributed by atoms with Crippen LogP contribution in [0.25, 0.3) is 0 Å². The number of halogens is 6. The van der Waals surface area contributed by atoms with E-state index in [-0.39, 0.29) is 48.2 Å². The molecule has 0 saturated carbocycles. The van der Waals surface area contributed by atoms with Crippen LogP contribution < -0.4 is 0 Å². The number of hydrogen-bond donors (Lipinski definition) is 1. The van der Waals surface area contributed by atoms with Gasteiger partial charge in [-0.3, -0.25) is 0 Å². The van der Waals surface area contributed by atoms with Crippen LogP contribution in [0.2, 0.25) is 10.0 Å². The highest BCUT2D eigenvalue weighted by Crippen LogP contribution is 2.40. The van der Waals surface area contributed by atoms with E-state index >= 15 is 0 Å². The molecule has 0 radical (unpaired) electrons. The molecule has 0 amide bonds. The lowest BCUT2D eigenvalue weighted by Gasteiger charge is -2.39. The van der Waals surface area contributed by atoms with Crippen LogP contribution in [-0.2, 0) is 21.8 Å². The number of likely N-dealkylation sites (tertiary alicyclic amines) is 1. The Bertz CT molecular complexity index is 1420. The normalized spacial score (nSPS) is 16.8. The fourth-order valence-corrected chi connectivity index (χ4v) is 6.77. The lowest BCUT2D eigenvalue weighted by atomic mass is 9.83. The lowest BCUT2D eigenvalue weighted by Crippen LogP contribution is -2.43. The zero-order chi connectivity index (χ0) is 29.1. The van der Waals surface area contributed by atoms with E-state index in [0.29, 0.717) is 31.1 Å². The molecule has 41 heavy (non-hydrogen) atoms. The quantitative estimate of drug-likeness (QED) is 0.266. The topological polar surface area (TPSA) is 60.9 Å². The summed E-state index contributed by atoms with van der Waals surface area (Å²) in [5.41, 5.74) is -1.23. The first-order chi connectivity index (χ1) is 18.8. The van der Waals surface area contributed by atoms with Crippen molar-refractivity contribution in [2.45, 2.75) is 41.9 Å². The maximum atomic E-state index is 13.4. The van der Waals surface area contributed by atoms with Gasteiger partial charge in [-0.05, 0) is 79.3 Å². The van der Waals surface area contributed by atoms with Crippen LogP contribution >= 0.6 is 35.6 Å². The Morgan fingerprint density at radius 2 is 1.66 bits per heavy atom. The van der Waals surface area contributed by atoms with Crippen LogP contribution in [0.5, 0.6) is 0 Å². The monoisotopic (exact) mass is 650 g/mol. The van der Waals surface area contributed by atoms with Crippen molar-refractivity contribution in [2.75, 3.05) is 33.2 Å². The molecule has 224 valence electrons. The van der Waals surface area contributed by atoms with Crippen LogP contribution in [0.1, 0.15) is 41.9 Å². The van der Waals surface area contributed by atoms with E-state index in [2.05, 4.69) is 4.90 Å². The Balaban J connectivity index is 0.00000462. The third-order valence-electron chi connectivity index (χ3n) is 7.54. The first-order valence-corrected chi connectivity index (χ1v) is 15.1. The van der Waals surface area contributed by atoms with E-state index in [1.165, 1.54) is 16.4 Å². The van der Waals surface area contributed by atoms with Crippen molar-refractivity contribution in [1.29, 1.82) is 0 Å². The van der Waals surface area contributed by atoms with Crippen LogP contribution in [0.15, 0.2) is 77.7 Å². The molecular weight excluding hydrogens is 620 g/mol. The molecule has 0 aliphatic carbocycles. The van der Waals surface area contributed by atoms with Gasteiger partial charge in [-0.25, -0.2) is 12.7 Å². The van der Waals surface area contributed by atoms with E-state index in [1.54, 1.807) is 43.4 Å². The van der Waals surface area contributed by atoms with Crippen LogP contribution in [0.4, 0.5) is 13.2 Å². The zero-order valence-electron chi connectivity index (χ0n) is 22.3. The van der Waals surface area contributed by atoms with Gasteiger partial charge in [0.1, 0.15) is 0 Å². The molecule has 1 saturated heterocycles. The van der Waals surface area contributed by atoms with E-state index in [4.69, 9.17) is 23.2 Å². The Morgan fingerprint density at radius 1 is 1.00 bits per heavy atom. The molecule has 3 aromatic rings. The number of benzene rings is 3. The van der Waals surface area contributed by atoms with Crippen molar-refractivity contribution in [3.63, 3.8) is 0 Å². The summed E-state index contributed by atoms with van der Waals surface area (Å²) in [6.45, 7) is 1.79. The zero-order valence-corrected chi connectivity index (χ0v) is 25.5. The van der Waals surface area contributed by atoms with E-state index in [0.717, 1.165) is 11.6 Å². The summed E-state index contributed by atoms with van der Waals surface area (Å²) >= 11 is 12.0. The van der Waals surface area contributed by atoms with Gasteiger partial charge in [0.05, 0.1) is 21.1 Å². The summed E-state index contributed by atoms with van der Waals surface area (Å²) in [5.74, 6) is -0.159. The molecule has 0 aromatic heterocycles. The second-order valence-electron chi connectivity index (χ2n) is 10.2. The number of rotatable bonds is 9. The van der Waals surface area contributed by atoms with Gasteiger partial charge in [-0.2, -0.15) is 13.2 Å². The van der Waals surface area contributed by atoms with Crippen molar-refractivity contribution in [1.82, 2.24) is 9.21 Å². The van der Waals surface area contributed by atoms with Gasteiger partial charge < -0.3 is 10.0 Å². The number of aliphatic hydroxyl groups is 1. The summed E-state index contributed by atoms with van der Waals surface area (Å²) in [4.78, 5) is 2.35. The minimum atomic E-state index is -4.61. The summed E-state index contributed by atoms with van der Waals surface area (Å²) < 4.78 is 67.8. The van der Waals surface area contributed by atoms with E-state index < -0.39 is 32.4 Å². The van der Waals surface area contributed by atoms with Gasteiger partial charge in [0.2, 0.25) is 10.0 Å². The first-order valence-electron chi connectivity index (χ1n) is 12.9. The molecule has 4 rings (SSSR count). The molecule has 1 heterocycles. The number of piperidine rings is 1. The van der Waals surface area contributed by atoms with Gasteiger partial charge in [-0.1, -0.05) is 59.6 Å². The summed E-state index contributed by atoms with van der Waals surface area (Å²) in [6.07, 6.45) is -3.47. The largest absolute Gasteiger partial charge is 0.417 e. The smallest absolute Gasteiger partial charge is 0.385 e. The third-order valence-corrected chi connectivity index (χ3v) is 9.94. The lowest BCUT2D eigenvalue weighted by molar-refractivity contribution is -0.137. The van der Waals surface area contributed by atoms with Gasteiger partial charge in [-0.15, -0.1) is 12.4 Å². The Hall–Kier alpha value is -1.85. The predicted octanol–water partition coefficient (Wildman–Crippen LogP) is 7.21. The fraction of sp³-hybridized carbons (Fsp3) is 0.379. The van der Waals surface area contributed by atoms with Gasteiger partial charge in [0, 0.05) is 31.7 Å². The van der Waals surface area contributed by atoms with Crippen LogP contribution in [-0.4, -0.2) is 56.0 Å². The molecule has 1 N–H and O–H groups in total. The summed E-state index contributed by atoms with van der Waals surface area (Å²) in [7, 11) is -2.14. The molecule has 3 aromatic carbocycles. The highest BCUT2D eigenvalue weighted by atomic mass is 35.5. The first kappa shape index (κ1) is 33.6. The molecule has 1 aliphatic rings. The Kier molecular flexibility index (Phi) is 11.2. The van der Waals surface area contributed by atoms with Crippen molar-refractivity contribution in [3.05, 3.63) is 99.5 Å². The molecule has 12 heteroatoms. The number of hydrogen-bond acceptors (Lipinski definition) is 4. The SMILES string of the molecule is CN(C[C@@H](CCN1CCC(O)(c2ccc(Cl)c(C(F)(F)F)c2)CC1)c1cccc(Cl)c1)S(=O)(=O)c1ccccc1.Cl. The number of likely N-dealkylation sites (N-methyl/N-ethyl adjacent to an activating group) is 1. The molecule has 1 atom stereocenters. The standard InChI is InChI=1S/C29H31Cl2F3N2O3S.ClH/c1-35(40(38,39)25-8-3-2-4-9-25)20-22(21-6-5-7-24(30)18-21)12-15-36-16-13-28(37,14-17-36)23-10-11-27(31)26(19-23)29(32,33)34;/h2-11,18-19,22,37H,12-17,20H2,1H3;1H/t22-;/m1./s1. The van der Waals surface area contributed by atoms with E-state index in [9.17, 15) is 26.7 Å².